The highest BCUT2D eigenvalue weighted by Crippen LogP contribution is 2.70. The zero-order valence-electron chi connectivity index (χ0n) is 12.9. The van der Waals surface area contributed by atoms with Crippen LogP contribution in [0.15, 0.2) is 54.6 Å². The van der Waals surface area contributed by atoms with Crippen LogP contribution in [0.3, 0.4) is 0 Å². The Bertz CT molecular complexity index is 640. The maximum atomic E-state index is 13.3. The Balaban J connectivity index is 2.63. The molecule has 2 aromatic rings. The van der Waals surface area contributed by atoms with Crippen LogP contribution in [0.25, 0.3) is 0 Å². The molecule has 2 aromatic carbocycles. The van der Waals surface area contributed by atoms with Crippen molar-refractivity contribution in [2.24, 2.45) is 0 Å². The van der Waals surface area contributed by atoms with E-state index < -0.39 is 11.5 Å². The van der Waals surface area contributed by atoms with Crippen LogP contribution < -0.4 is 4.74 Å². The highest BCUT2D eigenvalue weighted by Gasteiger charge is 2.43. The molecule has 0 radical (unpaired) electrons. The number of hydrogen-bond acceptors (Lipinski definition) is 3. The van der Waals surface area contributed by atoms with E-state index in [4.69, 9.17) is 4.74 Å². The lowest BCUT2D eigenvalue weighted by molar-refractivity contribution is 0.414. The molecule has 2 atom stereocenters. The van der Waals surface area contributed by atoms with Gasteiger partial charge in [0.05, 0.1) is 12.3 Å². The minimum atomic E-state index is -2.49. The molecule has 0 bridgehead atoms. The maximum Gasteiger partial charge on any atom is 0.150 e. The Hall–Kier alpha value is -1.18. The number of rotatable bonds is 5. The van der Waals surface area contributed by atoms with Crippen LogP contribution in [0.4, 0.5) is 0 Å². The highest BCUT2D eigenvalue weighted by atomic mass is 32.7. The van der Waals surface area contributed by atoms with Crippen LogP contribution in [-0.4, -0.2) is 20.0 Å². The number of ether oxygens (including phenoxy) is 1. The third-order valence-electron chi connectivity index (χ3n) is 4.15. The van der Waals surface area contributed by atoms with E-state index in [1.165, 1.54) is 11.4 Å². The summed E-state index contributed by atoms with van der Waals surface area (Å²) in [5.74, 6) is 0.809. The summed E-state index contributed by atoms with van der Waals surface area (Å²) in [5.41, 5.74) is 2.13. The van der Waals surface area contributed by atoms with E-state index in [9.17, 15) is 4.57 Å². The second-order valence-corrected chi connectivity index (χ2v) is 11.3. The molecular weight excluding hydrogens is 299 g/mol. The summed E-state index contributed by atoms with van der Waals surface area (Å²) in [6, 6.07) is 18.0. The first-order chi connectivity index (χ1) is 9.95. The van der Waals surface area contributed by atoms with E-state index in [2.05, 4.69) is 19.1 Å². The maximum absolute atomic E-state index is 13.3. The van der Waals surface area contributed by atoms with Gasteiger partial charge in [-0.1, -0.05) is 53.8 Å². The Morgan fingerprint density at radius 1 is 1.00 bits per heavy atom. The summed E-state index contributed by atoms with van der Waals surface area (Å²) in [5, 5.41) is -0.514. The van der Waals surface area contributed by atoms with E-state index in [1.54, 1.807) is 7.11 Å². The van der Waals surface area contributed by atoms with Crippen LogP contribution in [0.5, 0.6) is 5.75 Å². The van der Waals surface area contributed by atoms with Crippen LogP contribution >= 0.6 is 17.7 Å². The fraction of sp³-hybridized carbons (Fsp3) is 0.294. The number of hydrogen-bond donors (Lipinski definition) is 0. The predicted octanol–water partition coefficient (Wildman–Crippen LogP) is 5.23. The van der Waals surface area contributed by atoms with Gasteiger partial charge in [-0.25, -0.2) is 0 Å². The Labute approximate surface area is 131 Å². The van der Waals surface area contributed by atoms with Crippen molar-refractivity contribution in [2.45, 2.75) is 12.1 Å². The van der Waals surface area contributed by atoms with Gasteiger partial charge in [0.1, 0.15) is 12.1 Å². The van der Waals surface area contributed by atoms with E-state index in [0.29, 0.717) is 0 Å². The molecule has 21 heavy (non-hydrogen) atoms. The molecule has 2 rings (SSSR count). The highest BCUT2D eigenvalue weighted by molar-refractivity contribution is 8.57. The lowest BCUT2D eigenvalue weighted by Gasteiger charge is -2.36. The third-order valence-corrected chi connectivity index (χ3v) is 10.2. The molecule has 0 heterocycles. The zero-order chi connectivity index (χ0) is 15.5. The van der Waals surface area contributed by atoms with Gasteiger partial charge in [0.2, 0.25) is 0 Å². The molecule has 0 amide bonds. The summed E-state index contributed by atoms with van der Waals surface area (Å²) in [7, 11) is 1.65. The Morgan fingerprint density at radius 2 is 1.52 bits per heavy atom. The lowest BCUT2D eigenvalue weighted by atomic mass is 9.92. The summed E-state index contributed by atoms with van der Waals surface area (Å²) >= 11 is 1.46. The third kappa shape index (κ3) is 2.90. The second kappa shape index (κ2) is 6.29. The minimum Gasteiger partial charge on any atom is -0.497 e. The van der Waals surface area contributed by atoms with E-state index in [-0.39, 0.29) is 0 Å². The number of methoxy groups -OCH3 is 1. The molecule has 2 unspecified atom stereocenters. The van der Waals surface area contributed by atoms with Crippen LogP contribution in [0.1, 0.15) is 18.1 Å². The fourth-order valence-corrected chi connectivity index (χ4v) is 5.83. The molecule has 112 valence electrons. The molecule has 0 fully saturated rings. The Morgan fingerprint density at radius 3 is 2.00 bits per heavy atom. The van der Waals surface area contributed by atoms with E-state index in [1.807, 2.05) is 55.4 Å². The molecule has 0 aliphatic heterocycles. The van der Waals surface area contributed by atoms with Crippen molar-refractivity contribution < 1.29 is 9.30 Å². The lowest BCUT2D eigenvalue weighted by Crippen LogP contribution is -2.22. The van der Waals surface area contributed by atoms with E-state index >= 15 is 0 Å². The van der Waals surface area contributed by atoms with E-state index in [0.717, 1.165) is 16.9 Å². The Kier molecular flexibility index (Phi) is 4.85. The average molecular weight is 320 g/mol. The summed E-state index contributed by atoms with van der Waals surface area (Å²) in [6.07, 6.45) is -0.565. The van der Waals surface area contributed by atoms with Crippen molar-refractivity contribution >= 4 is 17.7 Å². The SMILES string of the molecule is COc1ccc(C(C)(c2ccccc2)P(C)(=O)SC)cc1. The molecule has 0 spiro atoms. The molecule has 2 nitrogen and oxygen atoms in total. The van der Waals surface area contributed by atoms with Crippen molar-refractivity contribution in [3.8, 4) is 5.75 Å². The van der Waals surface area contributed by atoms with Gasteiger partial charge in [-0.2, -0.15) is 0 Å². The molecule has 0 saturated heterocycles. The first kappa shape index (κ1) is 16.2. The standard InChI is InChI=1S/C17H21O2PS/c1-17(20(3,18)21-4,14-8-6-5-7-9-14)15-10-12-16(19-2)13-11-15/h5-13H,1-4H3. The fourth-order valence-electron chi connectivity index (χ4n) is 2.50. The minimum absolute atomic E-state index is 0.514. The molecule has 4 heteroatoms. The van der Waals surface area contributed by atoms with Gasteiger partial charge in [0.15, 0.2) is 0 Å². The molecule has 0 saturated carbocycles. The summed E-state index contributed by atoms with van der Waals surface area (Å²) in [4.78, 5) is 0. The van der Waals surface area contributed by atoms with Crippen molar-refractivity contribution in [1.29, 1.82) is 0 Å². The topological polar surface area (TPSA) is 26.3 Å². The van der Waals surface area contributed by atoms with Gasteiger partial charge in [0.25, 0.3) is 0 Å². The molecule has 0 N–H and O–H groups in total. The van der Waals surface area contributed by atoms with Crippen molar-refractivity contribution in [2.75, 3.05) is 20.0 Å². The summed E-state index contributed by atoms with van der Waals surface area (Å²) in [6.45, 7) is 3.94. The quantitative estimate of drug-likeness (QED) is 0.706. The monoisotopic (exact) mass is 320 g/mol. The van der Waals surface area contributed by atoms with Crippen molar-refractivity contribution in [1.82, 2.24) is 0 Å². The first-order valence-corrected chi connectivity index (χ1v) is 10.8. The predicted molar refractivity (Wildman–Crippen MR) is 92.9 cm³/mol. The van der Waals surface area contributed by atoms with Gasteiger partial charge in [-0.3, -0.25) is 0 Å². The molecule has 0 aliphatic rings. The normalized spacial score (nSPS) is 16.8. The summed E-state index contributed by atoms with van der Waals surface area (Å²) < 4.78 is 18.5. The van der Waals surface area contributed by atoms with Crippen LogP contribution in [-0.2, 0) is 9.72 Å². The number of benzene rings is 2. The first-order valence-electron chi connectivity index (χ1n) is 6.79. The van der Waals surface area contributed by atoms with Gasteiger partial charge in [-0.05, 0) is 43.1 Å². The smallest absolute Gasteiger partial charge is 0.150 e. The van der Waals surface area contributed by atoms with Gasteiger partial charge in [-0.15, -0.1) is 0 Å². The van der Waals surface area contributed by atoms with Crippen LogP contribution in [0.2, 0.25) is 0 Å². The van der Waals surface area contributed by atoms with Crippen molar-refractivity contribution in [3.63, 3.8) is 0 Å². The van der Waals surface area contributed by atoms with Crippen molar-refractivity contribution in [3.05, 3.63) is 65.7 Å². The van der Waals surface area contributed by atoms with Gasteiger partial charge < -0.3 is 9.30 Å². The molecule has 0 aliphatic carbocycles. The average Bonchev–Trinajstić information content (AvgIpc) is 2.54. The molecule has 0 aromatic heterocycles. The second-order valence-electron chi connectivity index (χ2n) is 5.20. The molecular formula is C17H21O2PS. The largest absolute Gasteiger partial charge is 0.497 e. The van der Waals surface area contributed by atoms with Gasteiger partial charge >= 0.3 is 0 Å². The zero-order valence-corrected chi connectivity index (χ0v) is 14.6. The van der Waals surface area contributed by atoms with Crippen LogP contribution in [0, 0.1) is 0 Å². The van der Waals surface area contributed by atoms with Gasteiger partial charge in [0, 0.05) is 0 Å².